The number of aromatic nitrogens is 4. The molecule has 5 heteroatoms. The first-order valence-corrected chi connectivity index (χ1v) is 6.59. The number of aryl methyl sites for hydroxylation is 1. The average molecular weight is 259 g/mol. The van der Waals surface area contributed by atoms with Gasteiger partial charge in [0.2, 0.25) is 0 Å². The number of rotatable bonds is 5. The Kier molecular flexibility index (Phi) is 4.27. The molecule has 0 radical (unpaired) electrons. The van der Waals surface area contributed by atoms with Crippen molar-refractivity contribution >= 4 is 0 Å². The summed E-state index contributed by atoms with van der Waals surface area (Å²) in [5.74, 6) is 1.01. The predicted octanol–water partition coefficient (Wildman–Crippen LogP) is 2.07. The van der Waals surface area contributed by atoms with Crippen LogP contribution >= 0.6 is 0 Å². The third-order valence-corrected chi connectivity index (χ3v) is 3.31. The molecular formula is C14H21N5. The quantitative estimate of drug-likeness (QED) is 0.893. The summed E-state index contributed by atoms with van der Waals surface area (Å²) in [6.07, 6.45) is 6.17. The lowest BCUT2D eigenvalue weighted by atomic mass is 10.0. The van der Waals surface area contributed by atoms with Crippen LogP contribution in [0.2, 0.25) is 0 Å². The van der Waals surface area contributed by atoms with Crippen molar-refractivity contribution in [3.05, 3.63) is 41.7 Å². The molecule has 0 saturated heterocycles. The van der Waals surface area contributed by atoms with Crippen molar-refractivity contribution in [3.8, 4) is 0 Å². The van der Waals surface area contributed by atoms with E-state index in [1.165, 1.54) is 11.1 Å². The van der Waals surface area contributed by atoms with Gasteiger partial charge < -0.3 is 5.32 Å². The second kappa shape index (κ2) is 5.93. The van der Waals surface area contributed by atoms with Crippen molar-refractivity contribution in [1.29, 1.82) is 0 Å². The number of nitrogens with zero attached hydrogens (tertiary/aromatic N) is 4. The van der Waals surface area contributed by atoms with E-state index in [-0.39, 0.29) is 6.04 Å². The Morgan fingerprint density at radius 1 is 1.37 bits per heavy atom. The van der Waals surface area contributed by atoms with Gasteiger partial charge in [-0.2, -0.15) is 5.10 Å². The number of pyridine rings is 1. The Balaban J connectivity index is 2.25. The number of likely N-dealkylation sites (N-methyl/N-ethyl adjacent to an activating group) is 1. The van der Waals surface area contributed by atoms with Crippen LogP contribution in [0, 0.1) is 6.92 Å². The van der Waals surface area contributed by atoms with Gasteiger partial charge in [-0.25, -0.2) is 9.67 Å². The lowest BCUT2D eigenvalue weighted by Crippen LogP contribution is -2.22. The first-order valence-electron chi connectivity index (χ1n) is 6.59. The van der Waals surface area contributed by atoms with Gasteiger partial charge in [0.05, 0.1) is 0 Å². The van der Waals surface area contributed by atoms with Gasteiger partial charge in [-0.3, -0.25) is 4.98 Å². The molecule has 0 amide bonds. The van der Waals surface area contributed by atoms with E-state index >= 15 is 0 Å². The van der Waals surface area contributed by atoms with Gasteiger partial charge in [0.1, 0.15) is 12.2 Å². The van der Waals surface area contributed by atoms with Crippen LogP contribution < -0.4 is 5.32 Å². The molecule has 102 valence electrons. The maximum atomic E-state index is 4.38. The van der Waals surface area contributed by atoms with Crippen LogP contribution in [0.5, 0.6) is 0 Å². The number of hydrogen-bond acceptors (Lipinski definition) is 4. The van der Waals surface area contributed by atoms with E-state index in [1.807, 2.05) is 24.1 Å². The third-order valence-electron chi connectivity index (χ3n) is 3.31. The zero-order valence-corrected chi connectivity index (χ0v) is 12.0. The van der Waals surface area contributed by atoms with Gasteiger partial charge in [-0.15, -0.1) is 0 Å². The highest BCUT2D eigenvalue weighted by atomic mass is 15.3. The lowest BCUT2D eigenvalue weighted by molar-refractivity contribution is 0.477. The summed E-state index contributed by atoms with van der Waals surface area (Å²) in [6.45, 7) is 6.31. The van der Waals surface area contributed by atoms with E-state index in [4.69, 9.17) is 0 Å². The molecule has 2 aromatic rings. The average Bonchev–Trinajstić information content (AvgIpc) is 2.85. The molecule has 0 aliphatic carbocycles. The Morgan fingerprint density at radius 2 is 2.16 bits per heavy atom. The maximum absolute atomic E-state index is 4.38. The van der Waals surface area contributed by atoms with E-state index < -0.39 is 0 Å². The van der Waals surface area contributed by atoms with Crippen LogP contribution in [0.3, 0.4) is 0 Å². The van der Waals surface area contributed by atoms with Gasteiger partial charge in [-0.1, -0.05) is 0 Å². The van der Waals surface area contributed by atoms with Crippen LogP contribution in [-0.2, 0) is 6.42 Å². The standard InChI is InChI=1S/C14H21N5/c1-10(2)19-14(17-9-18-19)7-13(15-4)12-5-6-16-8-11(12)3/h5-6,8-10,13,15H,7H2,1-4H3. The van der Waals surface area contributed by atoms with Crippen molar-refractivity contribution in [2.75, 3.05) is 7.05 Å². The largest absolute Gasteiger partial charge is 0.313 e. The molecule has 1 atom stereocenters. The topological polar surface area (TPSA) is 55.6 Å². The minimum Gasteiger partial charge on any atom is -0.313 e. The number of nitrogens with one attached hydrogen (secondary N) is 1. The maximum Gasteiger partial charge on any atom is 0.138 e. The second-order valence-corrected chi connectivity index (χ2v) is 4.99. The minimum atomic E-state index is 0.227. The molecule has 2 heterocycles. The lowest BCUT2D eigenvalue weighted by Gasteiger charge is -2.19. The van der Waals surface area contributed by atoms with Gasteiger partial charge >= 0.3 is 0 Å². The van der Waals surface area contributed by atoms with Crippen LogP contribution in [0.4, 0.5) is 0 Å². The van der Waals surface area contributed by atoms with E-state index in [1.54, 1.807) is 6.33 Å². The normalized spacial score (nSPS) is 12.9. The number of hydrogen-bond donors (Lipinski definition) is 1. The van der Waals surface area contributed by atoms with E-state index in [9.17, 15) is 0 Å². The molecule has 19 heavy (non-hydrogen) atoms. The van der Waals surface area contributed by atoms with Crippen LogP contribution in [0.15, 0.2) is 24.8 Å². The fourth-order valence-corrected chi connectivity index (χ4v) is 2.28. The van der Waals surface area contributed by atoms with Crippen molar-refractivity contribution in [1.82, 2.24) is 25.1 Å². The highest BCUT2D eigenvalue weighted by Gasteiger charge is 2.16. The smallest absolute Gasteiger partial charge is 0.138 e. The summed E-state index contributed by atoms with van der Waals surface area (Å²) in [5, 5.41) is 7.64. The van der Waals surface area contributed by atoms with Gasteiger partial charge in [0.25, 0.3) is 0 Å². The molecule has 2 aromatic heterocycles. The summed E-state index contributed by atoms with van der Waals surface area (Å²) < 4.78 is 1.97. The fraction of sp³-hybridized carbons (Fsp3) is 0.500. The molecule has 0 fully saturated rings. The molecule has 1 N–H and O–H groups in total. The molecule has 0 aromatic carbocycles. The van der Waals surface area contributed by atoms with E-state index in [0.29, 0.717) is 6.04 Å². The van der Waals surface area contributed by atoms with Crippen molar-refractivity contribution in [3.63, 3.8) is 0 Å². The third kappa shape index (κ3) is 2.98. The van der Waals surface area contributed by atoms with Gasteiger partial charge in [0.15, 0.2) is 0 Å². The second-order valence-electron chi connectivity index (χ2n) is 4.99. The Labute approximate surface area is 114 Å². The zero-order valence-electron chi connectivity index (χ0n) is 12.0. The monoisotopic (exact) mass is 259 g/mol. The molecule has 0 saturated carbocycles. The van der Waals surface area contributed by atoms with Crippen molar-refractivity contribution < 1.29 is 0 Å². The SMILES string of the molecule is CNC(Cc1ncnn1C(C)C)c1ccncc1C. The molecule has 0 spiro atoms. The Bertz CT molecular complexity index is 532. The summed E-state index contributed by atoms with van der Waals surface area (Å²) in [6, 6.07) is 2.62. The van der Waals surface area contributed by atoms with Crippen molar-refractivity contribution in [2.45, 2.75) is 39.3 Å². The van der Waals surface area contributed by atoms with Crippen LogP contribution in [0.1, 0.15) is 42.9 Å². The summed E-state index contributed by atoms with van der Waals surface area (Å²) in [5.41, 5.74) is 2.45. The molecular weight excluding hydrogens is 238 g/mol. The van der Waals surface area contributed by atoms with E-state index in [2.05, 4.69) is 47.2 Å². The van der Waals surface area contributed by atoms with E-state index in [0.717, 1.165) is 12.2 Å². The highest BCUT2D eigenvalue weighted by Crippen LogP contribution is 2.20. The first kappa shape index (κ1) is 13.7. The first-order chi connectivity index (χ1) is 9.13. The summed E-state index contributed by atoms with van der Waals surface area (Å²) in [7, 11) is 1.97. The Morgan fingerprint density at radius 3 is 2.79 bits per heavy atom. The Hall–Kier alpha value is -1.75. The minimum absolute atomic E-state index is 0.227. The summed E-state index contributed by atoms with van der Waals surface area (Å²) in [4.78, 5) is 8.52. The van der Waals surface area contributed by atoms with Crippen molar-refractivity contribution in [2.24, 2.45) is 0 Å². The van der Waals surface area contributed by atoms with Crippen LogP contribution in [-0.4, -0.2) is 26.8 Å². The molecule has 0 bridgehead atoms. The fourth-order valence-electron chi connectivity index (χ4n) is 2.28. The molecule has 2 rings (SSSR count). The molecule has 0 aliphatic heterocycles. The molecule has 5 nitrogen and oxygen atoms in total. The molecule has 0 aliphatic rings. The summed E-state index contributed by atoms with van der Waals surface area (Å²) >= 11 is 0. The van der Waals surface area contributed by atoms with Gasteiger partial charge in [-0.05, 0) is 45.0 Å². The predicted molar refractivity (Wildman–Crippen MR) is 74.9 cm³/mol. The zero-order chi connectivity index (χ0) is 13.8. The van der Waals surface area contributed by atoms with Gasteiger partial charge in [0, 0.05) is 30.9 Å². The highest BCUT2D eigenvalue weighted by molar-refractivity contribution is 5.26. The van der Waals surface area contributed by atoms with Crippen LogP contribution in [0.25, 0.3) is 0 Å². The molecule has 1 unspecified atom stereocenters.